The maximum atomic E-state index is 13.6. The van der Waals surface area contributed by atoms with Gasteiger partial charge in [0, 0.05) is 134 Å². The summed E-state index contributed by atoms with van der Waals surface area (Å²) in [5.74, 6) is 1.93. The normalized spacial score (nSPS) is 16.1. The maximum absolute atomic E-state index is 13.6. The number of hydrogen-bond acceptors (Lipinski definition) is 11. The third kappa shape index (κ3) is 10.4. The molecule has 0 N–H and O–H groups in total. The third-order valence-electron chi connectivity index (χ3n) is 12.1. The number of nitrogens with zero attached hydrogens (tertiary/aromatic N) is 4. The highest BCUT2D eigenvalue weighted by Gasteiger charge is 2.29. The highest BCUT2D eigenvalue weighted by atomic mass is 35.5. The molecule has 0 spiro atoms. The average Bonchev–Trinajstić information content (AvgIpc) is 3.34. The fourth-order valence-corrected chi connectivity index (χ4v) is 10.3. The van der Waals surface area contributed by atoms with E-state index in [9.17, 15) is 19.2 Å². The van der Waals surface area contributed by atoms with Gasteiger partial charge in [0.2, 0.25) is 23.6 Å². The van der Waals surface area contributed by atoms with Crippen molar-refractivity contribution in [1.82, 2.24) is 19.6 Å². The first-order valence-electron chi connectivity index (χ1n) is 22.4. The number of benzene rings is 4. The van der Waals surface area contributed by atoms with Crippen molar-refractivity contribution in [1.29, 1.82) is 0 Å². The first kappa shape index (κ1) is 47.8. The Balaban J connectivity index is 1.21. The van der Waals surface area contributed by atoms with Crippen molar-refractivity contribution in [2.45, 2.75) is 50.3 Å². The Labute approximate surface area is 404 Å². The Morgan fingerprint density at radius 3 is 1.34 bits per heavy atom. The van der Waals surface area contributed by atoms with Crippen molar-refractivity contribution < 1.29 is 48.2 Å². The Bertz CT molecular complexity index is 2450. The average molecular weight is 972 g/mol. The molecular formula is C50H52Cl2N4O10S. The van der Waals surface area contributed by atoms with Gasteiger partial charge >= 0.3 is 0 Å². The lowest BCUT2D eigenvalue weighted by Crippen LogP contribution is -2.49. The predicted octanol–water partition coefficient (Wildman–Crippen LogP) is 8.42. The van der Waals surface area contributed by atoms with Gasteiger partial charge in [-0.2, -0.15) is 9.78 Å². The molecule has 0 unspecified atom stereocenters. The van der Waals surface area contributed by atoms with Crippen LogP contribution in [-0.2, 0) is 41.8 Å². The number of fused-ring (bicyclic) bond motifs is 2. The molecule has 0 atom stereocenters. The van der Waals surface area contributed by atoms with Gasteiger partial charge in [-0.25, -0.2) is 0 Å². The van der Waals surface area contributed by atoms with Crippen molar-refractivity contribution in [3.05, 3.63) is 93.0 Å². The minimum atomic E-state index is -0.178. The molecule has 17 heteroatoms. The summed E-state index contributed by atoms with van der Waals surface area (Å²) in [5.41, 5.74) is 5.75. The topological polar surface area (TPSA) is 137 Å². The number of rotatable bonds is 12. The molecule has 4 amide bonds. The Kier molecular flexibility index (Phi) is 15.3. The van der Waals surface area contributed by atoms with Crippen LogP contribution in [0.2, 0.25) is 10.0 Å². The minimum Gasteiger partial charge on any atom is -0.493 e. The van der Waals surface area contributed by atoms with Crippen LogP contribution in [0, 0.1) is 0 Å². The molecule has 0 aliphatic carbocycles. The Morgan fingerprint density at radius 1 is 0.582 bits per heavy atom. The fourth-order valence-electron chi connectivity index (χ4n) is 8.62. The van der Waals surface area contributed by atoms with Crippen LogP contribution in [-0.4, -0.2) is 122 Å². The van der Waals surface area contributed by atoms with E-state index in [1.165, 1.54) is 25.6 Å². The number of amides is 4. The molecule has 352 valence electrons. The molecule has 0 aromatic heterocycles. The van der Waals surface area contributed by atoms with E-state index in [0.29, 0.717) is 168 Å². The second-order valence-corrected chi connectivity index (χ2v) is 18.0. The van der Waals surface area contributed by atoms with Gasteiger partial charge in [-0.1, -0.05) is 47.1 Å². The second kappa shape index (κ2) is 21.5. The lowest BCUT2D eigenvalue weighted by atomic mass is 9.94. The molecule has 4 aromatic carbocycles. The summed E-state index contributed by atoms with van der Waals surface area (Å²) >= 11 is 16.5. The van der Waals surface area contributed by atoms with Gasteiger partial charge in [0.15, 0.2) is 11.5 Å². The van der Waals surface area contributed by atoms with E-state index in [1.807, 2.05) is 62.4 Å². The van der Waals surface area contributed by atoms with Crippen LogP contribution in [0.15, 0.2) is 70.5 Å². The first-order chi connectivity index (χ1) is 32.5. The van der Waals surface area contributed by atoms with Gasteiger partial charge in [0.25, 0.3) is 0 Å². The molecular weight excluding hydrogens is 920 g/mol. The quantitative estimate of drug-likeness (QED) is 0.100. The number of ether oxygens (including phenoxy) is 2. The number of piperazine rings is 2. The molecule has 14 nitrogen and oxygen atoms in total. The molecule has 4 aromatic rings. The number of hydrogen-bond donors (Lipinski definition) is 0. The smallest absolute Gasteiger partial charge is 0.246 e. The van der Waals surface area contributed by atoms with Crippen LogP contribution in [0.1, 0.15) is 49.9 Å². The molecule has 0 radical (unpaired) electrons. The summed E-state index contributed by atoms with van der Waals surface area (Å²) in [6.07, 6.45) is 7.71. The van der Waals surface area contributed by atoms with Crippen molar-refractivity contribution >= 4 is 70.7 Å². The number of carbonyl (C=O) groups is 4. The minimum absolute atomic E-state index is 0.0125. The molecule has 8 rings (SSSR count). The maximum Gasteiger partial charge on any atom is 0.246 e. The molecule has 0 bridgehead atoms. The molecule has 67 heavy (non-hydrogen) atoms. The van der Waals surface area contributed by atoms with E-state index >= 15 is 0 Å². The zero-order chi connectivity index (χ0) is 47.2. The largest absolute Gasteiger partial charge is 0.493 e. The lowest BCUT2D eigenvalue weighted by Gasteiger charge is -2.33. The molecule has 2 saturated heterocycles. The SMILES string of the molecule is CCOc1c(-c2c(C=CC(=O)N3CCN(C(C)=O)CC3)ccc(Sc3ccc(C=CC(=O)N4CCN(C(C)=O)CC4)c(-c4ccc5c(c4OCC)CCOO5)c3Cl)c2Cl)ccc2c1CCOO2. The molecule has 4 aliphatic rings. The predicted molar refractivity (Wildman–Crippen MR) is 257 cm³/mol. The van der Waals surface area contributed by atoms with Gasteiger partial charge in [-0.15, -0.1) is 0 Å². The summed E-state index contributed by atoms with van der Waals surface area (Å²) in [5, 5.41) is 0.808. The van der Waals surface area contributed by atoms with Crippen LogP contribution in [0.4, 0.5) is 0 Å². The Hall–Kier alpha value is -5.71. The highest BCUT2D eigenvalue weighted by molar-refractivity contribution is 7.99. The zero-order valence-electron chi connectivity index (χ0n) is 37.9. The van der Waals surface area contributed by atoms with Crippen molar-refractivity contribution in [2.24, 2.45) is 0 Å². The molecule has 0 saturated carbocycles. The summed E-state index contributed by atoms with van der Waals surface area (Å²) in [7, 11) is 0. The fraction of sp³-hybridized carbons (Fsp3) is 0.360. The third-order valence-corrected chi connectivity index (χ3v) is 14.2. The van der Waals surface area contributed by atoms with Gasteiger partial charge < -0.3 is 38.8 Å². The van der Waals surface area contributed by atoms with E-state index in [2.05, 4.69) is 0 Å². The van der Waals surface area contributed by atoms with Crippen LogP contribution in [0.5, 0.6) is 23.0 Å². The van der Waals surface area contributed by atoms with E-state index < -0.39 is 0 Å². The Morgan fingerprint density at radius 2 is 0.970 bits per heavy atom. The molecule has 4 aliphatic heterocycles. The van der Waals surface area contributed by atoms with E-state index in [1.54, 1.807) is 43.9 Å². The summed E-state index contributed by atoms with van der Waals surface area (Å²) in [6.45, 7) is 11.9. The highest BCUT2D eigenvalue weighted by Crippen LogP contribution is 2.51. The van der Waals surface area contributed by atoms with E-state index in [-0.39, 0.29) is 23.6 Å². The van der Waals surface area contributed by atoms with E-state index in [4.69, 9.17) is 52.2 Å². The van der Waals surface area contributed by atoms with Gasteiger partial charge in [0.05, 0.1) is 36.5 Å². The monoisotopic (exact) mass is 970 g/mol. The molecule has 2 fully saturated rings. The van der Waals surface area contributed by atoms with Gasteiger partial charge in [0.1, 0.15) is 11.5 Å². The van der Waals surface area contributed by atoms with E-state index in [0.717, 1.165) is 11.1 Å². The molecule has 4 heterocycles. The summed E-state index contributed by atoms with van der Waals surface area (Å²) in [4.78, 5) is 81.0. The van der Waals surface area contributed by atoms with Crippen molar-refractivity contribution in [3.8, 4) is 45.3 Å². The first-order valence-corrected chi connectivity index (χ1v) is 24.0. The van der Waals surface area contributed by atoms with Gasteiger partial charge in [-0.3, -0.25) is 19.2 Å². The zero-order valence-corrected chi connectivity index (χ0v) is 40.2. The van der Waals surface area contributed by atoms with Crippen LogP contribution in [0.3, 0.4) is 0 Å². The van der Waals surface area contributed by atoms with Crippen LogP contribution >= 0.6 is 35.0 Å². The van der Waals surface area contributed by atoms with Gasteiger partial charge in [-0.05, 0) is 73.5 Å². The summed E-state index contributed by atoms with van der Waals surface area (Å²) in [6, 6.07) is 15.1. The number of halogens is 2. The summed E-state index contributed by atoms with van der Waals surface area (Å²) < 4.78 is 12.7. The van der Waals surface area contributed by atoms with Crippen molar-refractivity contribution in [3.63, 3.8) is 0 Å². The van der Waals surface area contributed by atoms with Crippen LogP contribution < -0.4 is 19.2 Å². The van der Waals surface area contributed by atoms with Crippen LogP contribution in [0.25, 0.3) is 34.4 Å². The number of carbonyl (C=O) groups excluding carboxylic acids is 4. The second-order valence-electron chi connectivity index (χ2n) is 16.1. The lowest BCUT2D eigenvalue weighted by molar-refractivity contribution is -0.215. The van der Waals surface area contributed by atoms with Crippen molar-refractivity contribution in [2.75, 3.05) is 78.8 Å². The standard InChI is InChI=1S/C50H52Cl2N4O10S/c1-5-61-49-35-19-29-63-65-39(35)13-11-37(49)45-33(9-17-43(59)55-25-21-53(22-26-55)31(3)57)7-15-41(47(45)51)67-42-16-8-34(10-18-44(60)56-27-23-54(24-28-56)32(4)58)46(48(42)52)38-12-14-40-36(20-30-64-66-40)50(38)62-6-2/h7-18H,5-6,19-30H2,1-4H3.